The summed E-state index contributed by atoms with van der Waals surface area (Å²) in [6.45, 7) is 1.05. The molecule has 0 aromatic heterocycles. The lowest BCUT2D eigenvalue weighted by molar-refractivity contribution is -0.133. The van der Waals surface area contributed by atoms with Crippen LogP contribution in [0.3, 0.4) is 0 Å². The van der Waals surface area contributed by atoms with Gasteiger partial charge >= 0.3 is 6.03 Å². The van der Waals surface area contributed by atoms with E-state index >= 15 is 0 Å². The number of benzene rings is 3. The summed E-state index contributed by atoms with van der Waals surface area (Å²) < 4.78 is 25.5. The van der Waals surface area contributed by atoms with E-state index in [0.717, 1.165) is 15.7 Å². The number of carbonyl (C=O) groups is 3. The number of hydrogen-bond acceptors (Lipinski definition) is 4. The smallest absolute Gasteiger partial charge is 0.324 e. The van der Waals surface area contributed by atoms with Crippen molar-refractivity contribution in [1.29, 1.82) is 0 Å². The van der Waals surface area contributed by atoms with Gasteiger partial charge in [0.05, 0.1) is 5.69 Å². The molecule has 4 amide bonds. The molecule has 2 N–H and O–H groups in total. The zero-order valence-electron chi connectivity index (χ0n) is 17.0. The Hall–Kier alpha value is -3.46. The number of nitrogens with zero attached hydrogens (tertiary/aromatic N) is 1. The van der Waals surface area contributed by atoms with Crippen LogP contribution in [-0.4, -0.2) is 35.0 Å². The molecule has 6 nitrogen and oxygen atoms in total. The van der Waals surface area contributed by atoms with Gasteiger partial charge in [-0.3, -0.25) is 14.5 Å². The Kier molecular flexibility index (Phi) is 5.84. The predicted octanol–water partition coefficient (Wildman–Crippen LogP) is 4.56. The Morgan fingerprint density at radius 3 is 2.50 bits per heavy atom. The molecule has 3 aromatic carbocycles. The maximum atomic E-state index is 13.1. The van der Waals surface area contributed by atoms with Gasteiger partial charge in [0.2, 0.25) is 5.91 Å². The first kappa shape index (κ1) is 21.8. The number of alkyl halides is 2. The van der Waals surface area contributed by atoms with E-state index in [1.54, 1.807) is 25.1 Å². The molecule has 9 heteroatoms. The lowest BCUT2D eigenvalue weighted by Gasteiger charge is -2.22. The van der Waals surface area contributed by atoms with E-state index in [4.69, 9.17) is 0 Å². The third-order valence-corrected chi connectivity index (χ3v) is 6.07. The minimum absolute atomic E-state index is 0.187. The summed E-state index contributed by atoms with van der Waals surface area (Å²) in [5.41, 5.74) is -0.548. The number of halogens is 2. The molecule has 0 aliphatic carbocycles. The average molecular weight is 455 g/mol. The van der Waals surface area contributed by atoms with E-state index in [-0.39, 0.29) is 10.6 Å². The highest BCUT2D eigenvalue weighted by Crippen LogP contribution is 2.33. The van der Waals surface area contributed by atoms with Gasteiger partial charge in [0.15, 0.2) is 0 Å². The van der Waals surface area contributed by atoms with Crippen molar-refractivity contribution in [2.45, 2.75) is 23.1 Å². The van der Waals surface area contributed by atoms with Crippen LogP contribution in [-0.2, 0) is 15.1 Å². The fourth-order valence-corrected chi connectivity index (χ4v) is 4.23. The topological polar surface area (TPSA) is 78.5 Å². The Bertz CT molecular complexity index is 1220. The quantitative estimate of drug-likeness (QED) is 0.422. The number of urea groups is 1. The number of thioether (sulfide) groups is 1. The van der Waals surface area contributed by atoms with Crippen molar-refractivity contribution in [1.82, 2.24) is 10.2 Å². The molecule has 1 aliphatic rings. The van der Waals surface area contributed by atoms with Crippen molar-refractivity contribution < 1.29 is 23.2 Å². The van der Waals surface area contributed by atoms with Crippen molar-refractivity contribution >= 4 is 46.1 Å². The van der Waals surface area contributed by atoms with E-state index in [1.165, 1.54) is 12.1 Å². The van der Waals surface area contributed by atoms with Crippen LogP contribution in [0, 0.1) is 0 Å². The van der Waals surface area contributed by atoms with Crippen LogP contribution in [0.25, 0.3) is 10.8 Å². The van der Waals surface area contributed by atoms with Crippen molar-refractivity contribution in [2.24, 2.45) is 0 Å². The van der Waals surface area contributed by atoms with Crippen LogP contribution in [0.4, 0.5) is 19.3 Å². The SMILES string of the molecule is CC1(c2ccc3ccccc3c2)NC(=O)N(CC(=O)Nc2ccccc2SC(F)F)C1=O. The molecule has 3 aromatic rings. The van der Waals surface area contributed by atoms with E-state index in [2.05, 4.69) is 10.6 Å². The highest BCUT2D eigenvalue weighted by molar-refractivity contribution is 7.99. The molecular formula is C23H19F2N3O3S. The zero-order valence-corrected chi connectivity index (χ0v) is 17.8. The van der Waals surface area contributed by atoms with Gasteiger partial charge in [-0.1, -0.05) is 60.3 Å². The fraction of sp³-hybridized carbons (Fsp3) is 0.174. The van der Waals surface area contributed by atoms with E-state index in [9.17, 15) is 23.2 Å². The largest absolute Gasteiger partial charge is 0.325 e. The van der Waals surface area contributed by atoms with Crippen LogP contribution in [0.2, 0.25) is 0 Å². The first-order valence-corrected chi connectivity index (χ1v) is 10.6. The van der Waals surface area contributed by atoms with Gasteiger partial charge < -0.3 is 10.6 Å². The summed E-state index contributed by atoms with van der Waals surface area (Å²) in [6.07, 6.45) is 0. The van der Waals surface area contributed by atoms with Crippen molar-refractivity contribution in [2.75, 3.05) is 11.9 Å². The van der Waals surface area contributed by atoms with Gasteiger partial charge in [0.25, 0.3) is 11.7 Å². The lowest BCUT2D eigenvalue weighted by atomic mass is 9.90. The third kappa shape index (κ3) is 4.16. The molecule has 1 aliphatic heterocycles. The molecule has 32 heavy (non-hydrogen) atoms. The van der Waals surface area contributed by atoms with Gasteiger partial charge in [-0.15, -0.1) is 0 Å². The Labute approximate surface area is 187 Å². The molecule has 0 saturated carbocycles. The second kappa shape index (κ2) is 8.58. The van der Waals surface area contributed by atoms with Crippen molar-refractivity contribution in [3.63, 3.8) is 0 Å². The van der Waals surface area contributed by atoms with Crippen LogP contribution < -0.4 is 10.6 Å². The zero-order chi connectivity index (χ0) is 22.9. The second-order valence-electron chi connectivity index (χ2n) is 7.43. The summed E-state index contributed by atoms with van der Waals surface area (Å²) in [6, 6.07) is 18.5. The number of fused-ring (bicyclic) bond motifs is 1. The third-order valence-electron chi connectivity index (χ3n) is 5.28. The molecule has 0 spiro atoms. The van der Waals surface area contributed by atoms with Crippen molar-refractivity contribution in [3.05, 3.63) is 72.3 Å². The van der Waals surface area contributed by atoms with Gasteiger partial charge in [0.1, 0.15) is 12.1 Å². The Morgan fingerprint density at radius 1 is 1.06 bits per heavy atom. The standard InChI is InChI=1S/C23H19F2N3O3S/c1-23(16-11-10-14-6-2-3-7-15(14)12-16)20(30)28(22(31)27-23)13-19(29)26-17-8-4-5-9-18(17)32-21(24)25/h2-12,21H,13H2,1H3,(H,26,29)(H,27,31). The molecule has 164 valence electrons. The normalized spacial score (nSPS) is 18.3. The van der Waals surface area contributed by atoms with Crippen LogP contribution in [0.1, 0.15) is 12.5 Å². The maximum absolute atomic E-state index is 13.1. The van der Waals surface area contributed by atoms with Gasteiger partial charge in [-0.2, -0.15) is 8.78 Å². The molecule has 0 radical (unpaired) electrons. The fourth-order valence-electron chi connectivity index (χ4n) is 3.64. The number of nitrogens with one attached hydrogen (secondary N) is 2. The summed E-state index contributed by atoms with van der Waals surface area (Å²) in [4.78, 5) is 39.2. The maximum Gasteiger partial charge on any atom is 0.325 e. The highest BCUT2D eigenvalue weighted by atomic mass is 32.2. The van der Waals surface area contributed by atoms with Gasteiger partial charge in [0, 0.05) is 4.90 Å². The van der Waals surface area contributed by atoms with E-state index in [1.807, 2.05) is 36.4 Å². The molecular weight excluding hydrogens is 436 g/mol. The minimum atomic E-state index is -2.65. The summed E-state index contributed by atoms with van der Waals surface area (Å²) in [5, 5.41) is 7.09. The molecule has 1 heterocycles. The molecule has 4 rings (SSSR count). The van der Waals surface area contributed by atoms with Gasteiger partial charge in [-0.05, 0) is 41.5 Å². The van der Waals surface area contributed by atoms with Gasteiger partial charge in [-0.25, -0.2) is 4.79 Å². The minimum Gasteiger partial charge on any atom is -0.324 e. The first-order chi connectivity index (χ1) is 15.3. The lowest BCUT2D eigenvalue weighted by Crippen LogP contribution is -2.42. The number of imide groups is 1. The highest BCUT2D eigenvalue weighted by Gasteiger charge is 2.49. The predicted molar refractivity (Wildman–Crippen MR) is 118 cm³/mol. The number of carbonyl (C=O) groups excluding carboxylic acids is 3. The summed E-state index contributed by atoms with van der Waals surface area (Å²) in [7, 11) is 0. The molecule has 0 bridgehead atoms. The average Bonchev–Trinajstić information content (AvgIpc) is 2.98. The first-order valence-electron chi connectivity index (χ1n) is 9.75. The van der Waals surface area contributed by atoms with Crippen LogP contribution in [0.5, 0.6) is 0 Å². The van der Waals surface area contributed by atoms with E-state index < -0.39 is 35.7 Å². The summed E-state index contributed by atoms with van der Waals surface area (Å²) >= 11 is 0.301. The number of rotatable bonds is 6. The summed E-state index contributed by atoms with van der Waals surface area (Å²) in [5.74, 6) is -3.89. The van der Waals surface area contributed by atoms with E-state index in [0.29, 0.717) is 17.3 Å². The second-order valence-corrected chi connectivity index (χ2v) is 8.46. The monoisotopic (exact) mass is 455 g/mol. The number of anilines is 1. The molecule has 1 unspecified atom stereocenters. The van der Waals surface area contributed by atoms with Crippen molar-refractivity contribution in [3.8, 4) is 0 Å². The molecule has 1 fully saturated rings. The van der Waals surface area contributed by atoms with Crippen LogP contribution in [0.15, 0.2) is 71.6 Å². The molecule has 1 atom stereocenters. The van der Waals surface area contributed by atoms with Crippen LogP contribution >= 0.6 is 11.8 Å². The Morgan fingerprint density at radius 2 is 1.75 bits per heavy atom. The number of hydrogen-bond donors (Lipinski definition) is 2. The Balaban J connectivity index is 1.52. The number of amides is 4. The molecule has 1 saturated heterocycles. The number of para-hydroxylation sites is 1.